The molecule has 0 amide bonds. The molecule has 21 heavy (non-hydrogen) atoms. The second-order valence-corrected chi connectivity index (χ2v) is 5.41. The number of anilines is 1. The van der Waals surface area contributed by atoms with E-state index in [1.165, 1.54) is 12.1 Å². The Kier molecular flexibility index (Phi) is 4.53. The minimum absolute atomic E-state index is 0.0739. The van der Waals surface area contributed by atoms with Crippen LogP contribution in [0.4, 0.5) is 14.5 Å². The molecule has 0 fully saturated rings. The third-order valence-electron chi connectivity index (χ3n) is 3.24. The molecule has 2 rings (SSSR count). The first-order valence-corrected chi connectivity index (χ1v) is 6.85. The van der Waals surface area contributed by atoms with Crippen LogP contribution in [0.3, 0.4) is 0 Å². The van der Waals surface area contributed by atoms with Gasteiger partial charge in [0.05, 0.1) is 5.69 Å². The number of aryl methyl sites for hydroxylation is 1. The molecule has 0 saturated carbocycles. The Morgan fingerprint density at radius 3 is 2.52 bits per heavy atom. The zero-order valence-corrected chi connectivity index (χ0v) is 12.7. The topological polar surface area (TPSA) is 29.3 Å². The molecule has 0 bridgehead atoms. The van der Waals surface area contributed by atoms with Crippen molar-refractivity contribution in [1.82, 2.24) is 0 Å². The molecule has 0 heterocycles. The van der Waals surface area contributed by atoms with E-state index in [1.807, 2.05) is 31.2 Å². The van der Waals surface area contributed by atoms with Crippen molar-refractivity contribution in [3.8, 4) is 0 Å². The SMILES string of the molecule is Cc1cccc(CN(C)c2ccc(C(N)=S)c(F)c2F)c1. The van der Waals surface area contributed by atoms with Crippen molar-refractivity contribution < 1.29 is 8.78 Å². The minimum atomic E-state index is -1.00. The fraction of sp³-hybridized carbons (Fsp3) is 0.188. The summed E-state index contributed by atoms with van der Waals surface area (Å²) in [5.41, 5.74) is 7.61. The summed E-state index contributed by atoms with van der Waals surface area (Å²) in [5, 5.41) is 0. The highest BCUT2D eigenvalue weighted by Crippen LogP contribution is 2.24. The van der Waals surface area contributed by atoms with E-state index in [4.69, 9.17) is 18.0 Å². The molecule has 2 N–H and O–H groups in total. The molecule has 0 aromatic heterocycles. The highest BCUT2D eigenvalue weighted by atomic mass is 32.1. The van der Waals surface area contributed by atoms with Gasteiger partial charge in [-0.2, -0.15) is 0 Å². The third-order valence-corrected chi connectivity index (χ3v) is 3.46. The second kappa shape index (κ2) is 6.18. The Bertz CT molecular complexity index is 686. The Labute approximate surface area is 128 Å². The van der Waals surface area contributed by atoms with Crippen LogP contribution >= 0.6 is 12.2 Å². The van der Waals surface area contributed by atoms with Crippen molar-refractivity contribution in [2.24, 2.45) is 5.73 Å². The molecule has 0 atom stereocenters. The lowest BCUT2D eigenvalue weighted by atomic mass is 10.1. The van der Waals surface area contributed by atoms with E-state index < -0.39 is 11.6 Å². The predicted molar refractivity (Wildman–Crippen MR) is 85.5 cm³/mol. The molecule has 110 valence electrons. The predicted octanol–water partition coefficient (Wildman–Crippen LogP) is 3.54. The van der Waals surface area contributed by atoms with Gasteiger partial charge in [-0.3, -0.25) is 0 Å². The van der Waals surface area contributed by atoms with E-state index in [9.17, 15) is 8.78 Å². The van der Waals surface area contributed by atoms with Crippen molar-refractivity contribution in [1.29, 1.82) is 0 Å². The van der Waals surface area contributed by atoms with Gasteiger partial charge in [0.15, 0.2) is 11.6 Å². The number of halogens is 2. The van der Waals surface area contributed by atoms with E-state index in [-0.39, 0.29) is 16.2 Å². The molecule has 0 saturated heterocycles. The van der Waals surface area contributed by atoms with Gasteiger partial charge in [0.2, 0.25) is 0 Å². The maximum atomic E-state index is 14.1. The summed E-state index contributed by atoms with van der Waals surface area (Å²) in [6.45, 7) is 2.46. The summed E-state index contributed by atoms with van der Waals surface area (Å²) in [7, 11) is 1.71. The van der Waals surface area contributed by atoms with Crippen LogP contribution < -0.4 is 10.6 Å². The van der Waals surface area contributed by atoms with E-state index in [2.05, 4.69) is 0 Å². The van der Waals surface area contributed by atoms with E-state index >= 15 is 0 Å². The highest BCUT2D eigenvalue weighted by molar-refractivity contribution is 7.80. The summed E-state index contributed by atoms with van der Waals surface area (Å²) >= 11 is 4.69. The number of hydrogen-bond acceptors (Lipinski definition) is 2. The van der Waals surface area contributed by atoms with Crippen LogP contribution in [-0.4, -0.2) is 12.0 Å². The first kappa shape index (κ1) is 15.4. The van der Waals surface area contributed by atoms with Gasteiger partial charge in [-0.1, -0.05) is 42.0 Å². The second-order valence-electron chi connectivity index (χ2n) is 4.97. The molecule has 0 radical (unpaired) electrons. The number of benzene rings is 2. The molecule has 0 spiro atoms. The lowest BCUT2D eigenvalue weighted by Crippen LogP contribution is -2.20. The smallest absolute Gasteiger partial charge is 0.182 e. The Balaban J connectivity index is 2.29. The van der Waals surface area contributed by atoms with E-state index in [0.29, 0.717) is 6.54 Å². The molecular formula is C16H16F2N2S. The van der Waals surface area contributed by atoms with Crippen LogP contribution in [0.2, 0.25) is 0 Å². The zero-order valence-electron chi connectivity index (χ0n) is 11.9. The first-order valence-electron chi connectivity index (χ1n) is 6.44. The standard InChI is InChI=1S/C16H16F2N2S/c1-10-4-3-5-11(8-10)9-20(2)13-7-6-12(16(19)21)14(17)15(13)18/h3-8H,9H2,1-2H3,(H2,19,21). The number of thiocarbonyl (C=S) groups is 1. The molecule has 2 nitrogen and oxygen atoms in total. The summed E-state index contributed by atoms with van der Waals surface area (Å²) in [6.07, 6.45) is 0. The number of nitrogens with two attached hydrogens (primary N) is 1. The van der Waals surface area contributed by atoms with Crippen LogP contribution in [0.25, 0.3) is 0 Å². The summed E-state index contributed by atoms with van der Waals surface area (Å²) in [4.78, 5) is 1.50. The molecule has 0 aliphatic heterocycles. The summed E-state index contributed by atoms with van der Waals surface area (Å²) in [6, 6.07) is 10.8. The largest absolute Gasteiger partial charge is 0.389 e. The van der Waals surface area contributed by atoms with Gasteiger partial charge in [-0.15, -0.1) is 0 Å². The molecule has 0 aliphatic carbocycles. The molecule has 2 aromatic rings. The number of nitrogens with zero attached hydrogens (tertiary/aromatic N) is 1. The Morgan fingerprint density at radius 1 is 1.19 bits per heavy atom. The maximum Gasteiger partial charge on any atom is 0.182 e. The van der Waals surface area contributed by atoms with Gasteiger partial charge < -0.3 is 10.6 Å². The lowest BCUT2D eigenvalue weighted by Gasteiger charge is -2.21. The number of hydrogen-bond donors (Lipinski definition) is 1. The molecule has 0 aliphatic rings. The van der Waals surface area contributed by atoms with Crippen LogP contribution in [0, 0.1) is 18.6 Å². The average molecular weight is 306 g/mol. The van der Waals surface area contributed by atoms with Gasteiger partial charge >= 0.3 is 0 Å². The highest BCUT2D eigenvalue weighted by Gasteiger charge is 2.17. The minimum Gasteiger partial charge on any atom is -0.389 e. The monoisotopic (exact) mass is 306 g/mol. The quantitative estimate of drug-likeness (QED) is 0.876. The fourth-order valence-corrected chi connectivity index (χ4v) is 2.35. The summed E-state index contributed by atoms with van der Waals surface area (Å²) in [5.74, 6) is -1.94. The van der Waals surface area contributed by atoms with Gasteiger partial charge in [0.25, 0.3) is 0 Å². The van der Waals surface area contributed by atoms with E-state index in [0.717, 1.165) is 11.1 Å². The normalized spacial score (nSPS) is 10.5. The maximum absolute atomic E-state index is 14.1. The summed E-state index contributed by atoms with van der Waals surface area (Å²) < 4.78 is 28.0. The molecule has 0 unspecified atom stereocenters. The Morgan fingerprint density at radius 2 is 1.90 bits per heavy atom. The van der Waals surface area contributed by atoms with Crippen LogP contribution in [0.1, 0.15) is 16.7 Å². The van der Waals surface area contributed by atoms with Crippen LogP contribution in [0.15, 0.2) is 36.4 Å². The van der Waals surface area contributed by atoms with Crippen molar-refractivity contribution in [3.05, 3.63) is 64.7 Å². The van der Waals surface area contributed by atoms with Gasteiger partial charge in [-0.05, 0) is 24.6 Å². The van der Waals surface area contributed by atoms with Crippen molar-refractivity contribution in [2.75, 3.05) is 11.9 Å². The van der Waals surface area contributed by atoms with Gasteiger partial charge in [0.1, 0.15) is 4.99 Å². The van der Waals surface area contributed by atoms with Crippen molar-refractivity contribution in [3.63, 3.8) is 0 Å². The molecular weight excluding hydrogens is 290 g/mol. The average Bonchev–Trinajstić information content (AvgIpc) is 2.41. The number of rotatable bonds is 4. The first-order chi connectivity index (χ1) is 9.90. The molecule has 2 aromatic carbocycles. The Hall–Kier alpha value is -2.01. The van der Waals surface area contributed by atoms with Crippen LogP contribution in [-0.2, 0) is 6.54 Å². The van der Waals surface area contributed by atoms with Crippen LogP contribution in [0.5, 0.6) is 0 Å². The van der Waals surface area contributed by atoms with Crippen molar-refractivity contribution in [2.45, 2.75) is 13.5 Å². The fourth-order valence-electron chi connectivity index (χ4n) is 2.19. The van der Waals surface area contributed by atoms with Crippen molar-refractivity contribution >= 4 is 22.9 Å². The third kappa shape index (κ3) is 3.36. The van der Waals surface area contributed by atoms with Gasteiger partial charge in [0, 0.05) is 19.2 Å². The molecule has 5 heteroatoms. The van der Waals surface area contributed by atoms with E-state index in [1.54, 1.807) is 11.9 Å². The zero-order chi connectivity index (χ0) is 15.6. The van der Waals surface area contributed by atoms with Gasteiger partial charge in [-0.25, -0.2) is 8.78 Å². The lowest BCUT2D eigenvalue weighted by molar-refractivity contribution is 0.506.